The second-order valence-corrected chi connectivity index (χ2v) is 18.3. The van der Waals surface area contributed by atoms with Gasteiger partial charge in [-0.2, -0.15) is 0 Å². The van der Waals surface area contributed by atoms with Gasteiger partial charge in [-0.15, -0.1) is 0 Å². The highest BCUT2D eigenvalue weighted by molar-refractivity contribution is 6.11. The molecule has 1 aliphatic rings. The lowest BCUT2D eigenvalue weighted by Gasteiger charge is -2.34. The Bertz CT molecular complexity index is 3940. The molecule has 13 aromatic rings. The van der Waals surface area contributed by atoms with Crippen molar-refractivity contribution in [1.29, 1.82) is 0 Å². The topological polar surface area (TPSA) is 29.5 Å². The second-order valence-electron chi connectivity index (χ2n) is 18.3. The van der Waals surface area contributed by atoms with Crippen LogP contribution in [0.25, 0.3) is 88.4 Å². The van der Waals surface area contributed by atoms with Crippen LogP contribution in [0.1, 0.15) is 22.3 Å². The Hall–Kier alpha value is -9.18. The second kappa shape index (κ2) is 16.0. The summed E-state index contributed by atoms with van der Waals surface area (Å²) in [5, 5.41) is 4.48. The maximum Gasteiger partial charge on any atom is 0.143 e. The quantitative estimate of drug-likeness (QED) is 0.152. The van der Waals surface area contributed by atoms with E-state index in [0.29, 0.717) is 0 Å². The Morgan fingerprint density at radius 2 is 0.714 bits per heavy atom. The molecule has 2 heterocycles. The Kier molecular flexibility index (Phi) is 9.11. The van der Waals surface area contributed by atoms with Crippen molar-refractivity contribution < 1.29 is 8.83 Å². The van der Waals surface area contributed by atoms with Crippen molar-refractivity contribution in [3.05, 3.63) is 283 Å². The van der Waals surface area contributed by atoms with Crippen molar-refractivity contribution in [2.45, 2.75) is 5.41 Å². The smallest absolute Gasteiger partial charge is 0.143 e. The van der Waals surface area contributed by atoms with Crippen LogP contribution in [0.15, 0.2) is 270 Å². The summed E-state index contributed by atoms with van der Waals surface area (Å²) in [6.07, 6.45) is 0. The standard InChI is InChI=1S/C67H43NO2/c1-3-16-44(17-4-1)45-32-38-49(39-33-45)67(48-18-5-2-6-19-48)59-27-10-7-22-58(59)64-60(67)28-15-29-61(64)68(50-40-34-46(35-41-50)52-23-13-25-56-54-20-8-11-30-62(54)69-65(52)56)51-42-36-47(37-43-51)53-24-14-26-57-55-21-9-12-31-63(55)70-66(53)57/h1-43H. The van der Waals surface area contributed by atoms with E-state index in [1.165, 1.54) is 44.5 Å². The van der Waals surface area contributed by atoms with Gasteiger partial charge in [0, 0.05) is 49.6 Å². The van der Waals surface area contributed by atoms with Crippen molar-refractivity contribution >= 4 is 60.9 Å². The first-order valence-corrected chi connectivity index (χ1v) is 24.0. The van der Waals surface area contributed by atoms with Crippen molar-refractivity contribution in [2.75, 3.05) is 4.90 Å². The van der Waals surface area contributed by atoms with Gasteiger partial charge >= 0.3 is 0 Å². The molecule has 0 N–H and O–H groups in total. The van der Waals surface area contributed by atoms with Crippen LogP contribution in [0.4, 0.5) is 17.1 Å². The van der Waals surface area contributed by atoms with Crippen molar-refractivity contribution in [3.63, 3.8) is 0 Å². The van der Waals surface area contributed by atoms with Crippen LogP contribution in [-0.2, 0) is 5.41 Å². The zero-order valence-electron chi connectivity index (χ0n) is 38.1. The number of hydrogen-bond acceptors (Lipinski definition) is 3. The molecule has 11 aromatic carbocycles. The molecule has 0 spiro atoms. The van der Waals surface area contributed by atoms with Gasteiger partial charge in [0.2, 0.25) is 0 Å². The molecule has 0 amide bonds. The van der Waals surface area contributed by atoms with Gasteiger partial charge in [-0.3, -0.25) is 0 Å². The van der Waals surface area contributed by atoms with Gasteiger partial charge in [0.25, 0.3) is 0 Å². The SMILES string of the molecule is c1ccc(-c2ccc(C3(c4ccccc4)c4ccccc4-c4c(N(c5ccc(-c6cccc7c6oc6ccccc67)cc5)c5ccc(-c6cccc7c6oc6ccccc67)cc5)cccc43)cc2)cc1. The lowest BCUT2D eigenvalue weighted by atomic mass is 9.67. The number of benzene rings is 11. The highest BCUT2D eigenvalue weighted by Crippen LogP contribution is 2.59. The van der Waals surface area contributed by atoms with Gasteiger partial charge in [-0.05, 0) is 92.5 Å². The summed E-state index contributed by atoms with van der Waals surface area (Å²) < 4.78 is 13.1. The number of furan rings is 2. The molecule has 0 radical (unpaired) electrons. The number of nitrogens with zero attached hydrogens (tertiary/aromatic N) is 1. The predicted octanol–water partition coefficient (Wildman–Crippen LogP) is 18.3. The number of fused-ring (bicyclic) bond motifs is 9. The van der Waals surface area contributed by atoms with Crippen LogP contribution in [0, 0.1) is 0 Å². The molecule has 0 saturated carbocycles. The van der Waals surface area contributed by atoms with Crippen molar-refractivity contribution in [2.24, 2.45) is 0 Å². The van der Waals surface area contributed by atoms with E-state index < -0.39 is 5.41 Å². The summed E-state index contributed by atoms with van der Waals surface area (Å²) >= 11 is 0. The zero-order chi connectivity index (χ0) is 46.2. The number of hydrogen-bond donors (Lipinski definition) is 0. The molecule has 0 bridgehead atoms. The normalized spacial score (nSPS) is 14.1. The van der Waals surface area contributed by atoms with E-state index >= 15 is 0 Å². The van der Waals surface area contributed by atoms with E-state index in [9.17, 15) is 0 Å². The van der Waals surface area contributed by atoms with Gasteiger partial charge < -0.3 is 13.7 Å². The van der Waals surface area contributed by atoms with Crippen LogP contribution in [-0.4, -0.2) is 0 Å². The summed E-state index contributed by atoms with van der Waals surface area (Å²) in [5.74, 6) is 0. The maximum absolute atomic E-state index is 6.53. The first-order chi connectivity index (χ1) is 34.7. The summed E-state index contributed by atoms with van der Waals surface area (Å²) in [7, 11) is 0. The largest absolute Gasteiger partial charge is 0.455 e. The minimum atomic E-state index is -0.589. The van der Waals surface area contributed by atoms with E-state index in [2.05, 4.69) is 241 Å². The average Bonchev–Trinajstić information content (AvgIpc) is 4.11. The molecule has 3 heteroatoms. The van der Waals surface area contributed by atoms with E-state index in [1.807, 2.05) is 24.3 Å². The third-order valence-corrected chi connectivity index (χ3v) is 14.6. The highest BCUT2D eigenvalue weighted by Gasteiger charge is 2.47. The monoisotopic (exact) mass is 893 g/mol. The molecule has 328 valence electrons. The highest BCUT2D eigenvalue weighted by atomic mass is 16.3. The third-order valence-electron chi connectivity index (χ3n) is 14.6. The minimum Gasteiger partial charge on any atom is -0.455 e. The molecular weight excluding hydrogens is 851 g/mol. The number of rotatable bonds is 8. The number of anilines is 3. The molecule has 70 heavy (non-hydrogen) atoms. The Labute approximate surface area is 405 Å². The van der Waals surface area contributed by atoms with Crippen LogP contribution >= 0.6 is 0 Å². The fourth-order valence-electron chi connectivity index (χ4n) is 11.5. The summed E-state index contributed by atoms with van der Waals surface area (Å²) in [6, 6.07) is 94.3. The molecule has 14 rings (SSSR count). The predicted molar refractivity (Wildman–Crippen MR) is 289 cm³/mol. The van der Waals surface area contributed by atoms with Gasteiger partial charge in [0.15, 0.2) is 0 Å². The molecule has 3 nitrogen and oxygen atoms in total. The molecule has 1 unspecified atom stereocenters. The van der Waals surface area contributed by atoms with Crippen LogP contribution in [0.5, 0.6) is 0 Å². The Morgan fingerprint density at radius 1 is 0.286 bits per heavy atom. The van der Waals surface area contributed by atoms with E-state index in [4.69, 9.17) is 8.83 Å². The molecule has 0 aliphatic heterocycles. The van der Waals surface area contributed by atoms with E-state index in [-0.39, 0.29) is 0 Å². The molecule has 1 atom stereocenters. The lowest BCUT2D eigenvalue weighted by Crippen LogP contribution is -2.28. The van der Waals surface area contributed by atoms with Gasteiger partial charge in [-0.1, -0.05) is 218 Å². The first kappa shape index (κ1) is 39.9. The van der Waals surface area contributed by atoms with Crippen molar-refractivity contribution in [1.82, 2.24) is 0 Å². The minimum absolute atomic E-state index is 0.589. The Balaban J connectivity index is 0.967. The third kappa shape index (κ3) is 6.08. The van der Waals surface area contributed by atoms with Gasteiger partial charge in [-0.25, -0.2) is 0 Å². The maximum atomic E-state index is 6.53. The molecule has 2 aromatic heterocycles. The van der Waals surface area contributed by atoms with Crippen LogP contribution in [0.2, 0.25) is 0 Å². The first-order valence-electron chi connectivity index (χ1n) is 24.0. The van der Waals surface area contributed by atoms with E-state index in [1.54, 1.807) is 0 Å². The molecular formula is C67H43NO2. The fraction of sp³-hybridized carbons (Fsp3) is 0.0149. The zero-order valence-corrected chi connectivity index (χ0v) is 38.1. The fourth-order valence-corrected chi connectivity index (χ4v) is 11.5. The van der Waals surface area contributed by atoms with Gasteiger partial charge in [0.1, 0.15) is 22.3 Å². The van der Waals surface area contributed by atoms with Crippen LogP contribution < -0.4 is 4.90 Å². The summed E-state index contributed by atoms with van der Waals surface area (Å²) in [4.78, 5) is 2.44. The molecule has 0 saturated heterocycles. The van der Waals surface area contributed by atoms with E-state index in [0.717, 1.165) is 83.2 Å². The van der Waals surface area contributed by atoms with Gasteiger partial charge in [0.05, 0.1) is 11.1 Å². The summed E-state index contributed by atoms with van der Waals surface area (Å²) in [5.41, 5.74) is 20.3. The molecule has 0 fully saturated rings. The van der Waals surface area contributed by atoms with Crippen LogP contribution in [0.3, 0.4) is 0 Å². The Morgan fingerprint density at radius 3 is 1.31 bits per heavy atom. The average molecular weight is 894 g/mol. The lowest BCUT2D eigenvalue weighted by molar-refractivity contribution is 0.669. The van der Waals surface area contributed by atoms with Crippen molar-refractivity contribution in [3.8, 4) is 44.5 Å². The number of para-hydroxylation sites is 4. The summed E-state index contributed by atoms with van der Waals surface area (Å²) in [6.45, 7) is 0. The molecule has 1 aliphatic carbocycles.